The third kappa shape index (κ3) is 2.72. The van der Waals surface area contributed by atoms with Gasteiger partial charge in [0.15, 0.2) is 0 Å². The average molecular weight is 296 g/mol. The lowest BCUT2D eigenvalue weighted by atomic mass is 9.91. The zero-order valence-corrected chi connectivity index (χ0v) is 11.9. The molecule has 3 rings (SSSR count). The molecule has 1 aromatic rings. The van der Waals surface area contributed by atoms with Gasteiger partial charge in [0.25, 0.3) is 0 Å². The summed E-state index contributed by atoms with van der Waals surface area (Å²) in [4.78, 5) is 2.56. The van der Waals surface area contributed by atoms with E-state index in [2.05, 4.69) is 22.3 Å². The summed E-state index contributed by atoms with van der Waals surface area (Å²) in [6, 6.07) is 6.84. The molecular formula is C12H17Cl3N2. The molecule has 2 heterocycles. The van der Waals surface area contributed by atoms with Crippen molar-refractivity contribution in [2.75, 3.05) is 26.2 Å². The molecular weight excluding hydrogens is 279 g/mol. The van der Waals surface area contributed by atoms with Crippen LogP contribution in [-0.4, -0.2) is 31.1 Å². The fourth-order valence-electron chi connectivity index (χ4n) is 2.73. The summed E-state index contributed by atoms with van der Waals surface area (Å²) in [5.74, 6) is 0. The van der Waals surface area contributed by atoms with Gasteiger partial charge >= 0.3 is 0 Å². The minimum Gasteiger partial charge on any atom is -0.314 e. The highest BCUT2D eigenvalue weighted by atomic mass is 35.5. The van der Waals surface area contributed by atoms with Crippen LogP contribution in [0, 0.1) is 0 Å². The normalized spacial score (nSPS) is 22.8. The molecule has 0 spiro atoms. The quantitative estimate of drug-likeness (QED) is 0.792. The van der Waals surface area contributed by atoms with Gasteiger partial charge in [-0.15, -0.1) is 24.8 Å². The summed E-state index contributed by atoms with van der Waals surface area (Å²) in [5.41, 5.74) is 2.80. The molecule has 17 heavy (non-hydrogen) atoms. The lowest BCUT2D eigenvalue weighted by molar-refractivity contribution is 0.152. The summed E-state index contributed by atoms with van der Waals surface area (Å²) >= 11 is 6.23. The smallest absolute Gasteiger partial charge is 0.0476 e. The highest BCUT2D eigenvalue weighted by molar-refractivity contribution is 6.31. The van der Waals surface area contributed by atoms with E-state index in [1.807, 2.05) is 6.07 Å². The number of fused-ring (bicyclic) bond motifs is 3. The van der Waals surface area contributed by atoms with Crippen molar-refractivity contribution in [3.63, 3.8) is 0 Å². The van der Waals surface area contributed by atoms with Crippen molar-refractivity contribution in [2.45, 2.75) is 12.5 Å². The first-order valence-electron chi connectivity index (χ1n) is 5.58. The van der Waals surface area contributed by atoms with Gasteiger partial charge in [-0.05, 0) is 23.6 Å². The summed E-state index contributed by atoms with van der Waals surface area (Å²) in [5, 5.41) is 4.40. The van der Waals surface area contributed by atoms with Gasteiger partial charge in [-0.3, -0.25) is 4.90 Å². The number of nitrogens with one attached hydrogen (secondary N) is 1. The van der Waals surface area contributed by atoms with Crippen LogP contribution in [0.4, 0.5) is 0 Å². The maximum absolute atomic E-state index is 6.23. The van der Waals surface area contributed by atoms with Crippen LogP contribution in [0.1, 0.15) is 17.2 Å². The number of nitrogens with zero attached hydrogens (tertiary/aromatic N) is 1. The summed E-state index contributed by atoms with van der Waals surface area (Å²) in [6.07, 6.45) is 1.10. The van der Waals surface area contributed by atoms with E-state index in [4.69, 9.17) is 11.6 Å². The van der Waals surface area contributed by atoms with Crippen LogP contribution in [0.15, 0.2) is 18.2 Å². The van der Waals surface area contributed by atoms with Gasteiger partial charge in [0, 0.05) is 37.2 Å². The van der Waals surface area contributed by atoms with Crippen LogP contribution in [0.2, 0.25) is 5.02 Å². The Morgan fingerprint density at radius 2 is 2.06 bits per heavy atom. The first-order valence-corrected chi connectivity index (χ1v) is 5.96. The molecule has 0 aliphatic carbocycles. The lowest BCUT2D eigenvalue weighted by Crippen LogP contribution is -2.48. The zero-order valence-electron chi connectivity index (χ0n) is 9.49. The first-order chi connectivity index (χ1) is 7.36. The van der Waals surface area contributed by atoms with Crippen LogP contribution in [-0.2, 0) is 6.42 Å². The SMILES string of the molecule is Cl.Cl.Clc1cccc2c1CCN1CCNCC21. The fourth-order valence-corrected chi connectivity index (χ4v) is 3.00. The van der Waals surface area contributed by atoms with E-state index in [-0.39, 0.29) is 24.8 Å². The van der Waals surface area contributed by atoms with Crippen LogP contribution in [0.5, 0.6) is 0 Å². The number of benzene rings is 1. The van der Waals surface area contributed by atoms with Crippen molar-refractivity contribution in [3.8, 4) is 0 Å². The number of rotatable bonds is 0. The standard InChI is InChI=1S/C12H15ClN2.2ClH/c13-11-3-1-2-10-9(11)4-6-15-7-5-14-8-12(10)15;;/h1-3,12,14H,4-8H2;2*1H. The Labute approximate surface area is 120 Å². The van der Waals surface area contributed by atoms with Crippen molar-refractivity contribution in [1.82, 2.24) is 10.2 Å². The number of piperazine rings is 1. The average Bonchev–Trinajstić information content (AvgIpc) is 2.29. The van der Waals surface area contributed by atoms with E-state index in [1.54, 1.807) is 0 Å². The molecule has 0 saturated carbocycles. The first kappa shape index (κ1) is 15.1. The van der Waals surface area contributed by atoms with Gasteiger partial charge in [-0.2, -0.15) is 0 Å². The van der Waals surface area contributed by atoms with E-state index in [1.165, 1.54) is 11.1 Å². The highest BCUT2D eigenvalue weighted by Crippen LogP contribution is 2.33. The molecule has 1 fully saturated rings. The van der Waals surface area contributed by atoms with Crippen LogP contribution < -0.4 is 5.32 Å². The van der Waals surface area contributed by atoms with Crippen molar-refractivity contribution < 1.29 is 0 Å². The maximum atomic E-state index is 6.23. The molecule has 96 valence electrons. The van der Waals surface area contributed by atoms with Crippen LogP contribution in [0.3, 0.4) is 0 Å². The van der Waals surface area contributed by atoms with E-state index < -0.39 is 0 Å². The molecule has 0 amide bonds. The molecule has 0 bridgehead atoms. The molecule has 1 aromatic carbocycles. The van der Waals surface area contributed by atoms with E-state index >= 15 is 0 Å². The molecule has 2 aliphatic heterocycles. The second-order valence-corrected chi connectivity index (χ2v) is 4.72. The molecule has 2 nitrogen and oxygen atoms in total. The minimum absolute atomic E-state index is 0. The Kier molecular flexibility index (Phi) is 5.55. The highest BCUT2D eigenvalue weighted by Gasteiger charge is 2.29. The van der Waals surface area contributed by atoms with Gasteiger partial charge in [0.2, 0.25) is 0 Å². The number of halogens is 3. The molecule has 1 N–H and O–H groups in total. The summed E-state index contributed by atoms with van der Waals surface area (Å²) in [6.45, 7) is 4.50. The Hall–Kier alpha value is 0.01000. The van der Waals surface area contributed by atoms with E-state index in [0.29, 0.717) is 6.04 Å². The second-order valence-electron chi connectivity index (χ2n) is 4.31. The van der Waals surface area contributed by atoms with Crippen LogP contribution >= 0.6 is 36.4 Å². The topological polar surface area (TPSA) is 15.3 Å². The maximum Gasteiger partial charge on any atom is 0.0476 e. The molecule has 5 heteroatoms. The molecule has 0 aromatic heterocycles. The third-order valence-electron chi connectivity index (χ3n) is 3.52. The Balaban J connectivity index is 0.000000722. The molecule has 1 unspecified atom stereocenters. The van der Waals surface area contributed by atoms with Gasteiger partial charge in [0.05, 0.1) is 0 Å². The Morgan fingerprint density at radius 3 is 2.88 bits per heavy atom. The zero-order chi connectivity index (χ0) is 10.3. The summed E-state index contributed by atoms with van der Waals surface area (Å²) in [7, 11) is 0. The monoisotopic (exact) mass is 294 g/mol. The molecule has 1 atom stereocenters. The molecule has 1 saturated heterocycles. The van der Waals surface area contributed by atoms with Gasteiger partial charge in [-0.25, -0.2) is 0 Å². The largest absolute Gasteiger partial charge is 0.314 e. The Morgan fingerprint density at radius 1 is 1.24 bits per heavy atom. The molecule has 0 radical (unpaired) electrons. The van der Waals surface area contributed by atoms with Crippen molar-refractivity contribution in [2.24, 2.45) is 0 Å². The van der Waals surface area contributed by atoms with E-state index in [0.717, 1.165) is 37.6 Å². The minimum atomic E-state index is 0. The van der Waals surface area contributed by atoms with Gasteiger partial charge in [-0.1, -0.05) is 23.7 Å². The lowest BCUT2D eigenvalue weighted by Gasteiger charge is -2.41. The predicted octanol–water partition coefficient (Wildman–Crippen LogP) is 2.69. The van der Waals surface area contributed by atoms with Crippen molar-refractivity contribution >= 4 is 36.4 Å². The Bertz CT molecular complexity index is 384. The molecule has 2 aliphatic rings. The van der Waals surface area contributed by atoms with Crippen molar-refractivity contribution in [3.05, 3.63) is 34.3 Å². The fraction of sp³-hybridized carbons (Fsp3) is 0.500. The second kappa shape index (κ2) is 6.26. The van der Waals surface area contributed by atoms with Crippen molar-refractivity contribution in [1.29, 1.82) is 0 Å². The predicted molar refractivity (Wildman–Crippen MR) is 76.8 cm³/mol. The van der Waals surface area contributed by atoms with Gasteiger partial charge in [0.1, 0.15) is 0 Å². The van der Waals surface area contributed by atoms with Crippen LogP contribution in [0.25, 0.3) is 0 Å². The third-order valence-corrected chi connectivity index (χ3v) is 3.87. The van der Waals surface area contributed by atoms with Gasteiger partial charge < -0.3 is 5.32 Å². The number of hydrogen-bond donors (Lipinski definition) is 1. The number of hydrogen-bond acceptors (Lipinski definition) is 2. The van der Waals surface area contributed by atoms with E-state index in [9.17, 15) is 0 Å². The summed E-state index contributed by atoms with van der Waals surface area (Å²) < 4.78 is 0.